The first-order valence-corrected chi connectivity index (χ1v) is 4.61. The maximum Gasteiger partial charge on any atom is 0.181 e. The first-order valence-electron chi connectivity index (χ1n) is 4.61. The van der Waals surface area contributed by atoms with Crippen LogP contribution < -0.4 is 0 Å². The summed E-state index contributed by atoms with van der Waals surface area (Å²) in [4.78, 5) is 4.36. The second-order valence-electron chi connectivity index (χ2n) is 3.47. The minimum atomic E-state index is 0.796. The minimum Gasteiger partial charge on any atom is -0.253 e. The molecule has 0 unspecified atom stereocenters. The van der Waals surface area contributed by atoms with Gasteiger partial charge in [0.1, 0.15) is 5.82 Å². The van der Waals surface area contributed by atoms with Gasteiger partial charge in [-0.1, -0.05) is 29.8 Å². The van der Waals surface area contributed by atoms with Gasteiger partial charge < -0.3 is 0 Å². The highest BCUT2D eigenvalue weighted by molar-refractivity contribution is 5.54. The van der Waals surface area contributed by atoms with Gasteiger partial charge in [0.25, 0.3) is 0 Å². The van der Waals surface area contributed by atoms with Crippen LogP contribution in [-0.2, 0) is 7.05 Å². The van der Waals surface area contributed by atoms with E-state index >= 15 is 0 Å². The number of hydrogen-bond acceptors (Lipinski definition) is 2. The van der Waals surface area contributed by atoms with E-state index < -0.39 is 0 Å². The second-order valence-corrected chi connectivity index (χ2v) is 3.47. The monoisotopic (exact) mass is 187 g/mol. The van der Waals surface area contributed by atoms with Gasteiger partial charge in [-0.25, -0.2) is 4.98 Å². The summed E-state index contributed by atoms with van der Waals surface area (Å²) >= 11 is 0. The second kappa shape index (κ2) is 3.25. The molecule has 0 radical (unpaired) electrons. The van der Waals surface area contributed by atoms with Gasteiger partial charge in [0.05, 0.1) is 0 Å². The molecule has 0 aliphatic heterocycles. The Morgan fingerprint density at radius 3 is 2.21 bits per heavy atom. The van der Waals surface area contributed by atoms with Crippen molar-refractivity contribution in [1.29, 1.82) is 0 Å². The van der Waals surface area contributed by atoms with Crippen LogP contribution in [0.25, 0.3) is 11.4 Å². The van der Waals surface area contributed by atoms with Gasteiger partial charge in [0.15, 0.2) is 5.82 Å². The Labute approximate surface area is 83.4 Å². The first-order chi connectivity index (χ1) is 6.66. The van der Waals surface area contributed by atoms with E-state index in [2.05, 4.69) is 29.1 Å². The fraction of sp³-hybridized carbons (Fsp3) is 0.273. The predicted molar refractivity (Wildman–Crippen MR) is 55.9 cm³/mol. The van der Waals surface area contributed by atoms with E-state index in [1.165, 1.54) is 5.56 Å². The third kappa shape index (κ3) is 1.53. The summed E-state index contributed by atoms with van der Waals surface area (Å²) in [6, 6.07) is 8.23. The summed E-state index contributed by atoms with van der Waals surface area (Å²) in [6.45, 7) is 4.02. The Morgan fingerprint density at radius 1 is 1.07 bits per heavy atom. The quantitative estimate of drug-likeness (QED) is 0.684. The van der Waals surface area contributed by atoms with E-state index in [4.69, 9.17) is 0 Å². The third-order valence-electron chi connectivity index (χ3n) is 2.29. The molecular formula is C11H13N3. The van der Waals surface area contributed by atoms with Gasteiger partial charge in [-0.15, -0.1) is 0 Å². The summed E-state index contributed by atoms with van der Waals surface area (Å²) in [7, 11) is 1.90. The standard InChI is InChI=1S/C11H13N3/c1-8-4-6-10(7-5-8)11-12-9(2)14(3)13-11/h4-7H,1-3H3. The van der Waals surface area contributed by atoms with E-state index in [-0.39, 0.29) is 0 Å². The summed E-state index contributed by atoms with van der Waals surface area (Å²) in [5.41, 5.74) is 2.32. The Hall–Kier alpha value is -1.64. The van der Waals surface area contributed by atoms with Crippen LogP contribution in [0.4, 0.5) is 0 Å². The van der Waals surface area contributed by atoms with Gasteiger partial charge in [-0.2, -0.15) is 5.10 Å². The van der Waals surface area contributed by atoms with E-state index in [9.17, 15) is 0 Å². The van der Waals surface area contributed by atoms with Crippen LogP contribution >= 0.6 is 0 Å². The van der Waals surface area contributed by atoms with Crippen molar-refractivity contribution in [1.82, 2.24) is 14.8 Å². The third-order valence-corrected chi connectivity index (χ3v) is 2.29. The van der Waals surface area contributed by atoms with Crippen LogP contribution in [0.15, 0.2) is 24.3 Å². The summed E-state index contributed by atoms with van der Waals surface area (Å²) in [5.74, 6) is 1.73. The highest BCUT2D eigenvalue weighted by atomic mass is 15.3. The number of hydrogen-bond donors (Lipinski definition) is 0. The lowest BCUT2D eigenvalue weighted by Crippen LogP contribution is -1.92. The van der Waals surface area contributed by atoms with Gasteiger partial charge in [0, 0.05) is 12.6 Å². The molecule has 0 fully saturated rings. The lowest BCUT2D eigenvalue weighted by atomic mass is 10.1. The fourth-order valence-electron chi connectivity index (χ4n) is 1.29. The molecule has 0 atom stereocenters. The molecule has 0 N–H and O–H groups in total. The smallest absolute Gasteiger partial charge is 0.181 e. The van der Waals surface area contributed by atoms with Crippen LogP contribution in [0.1, 0.15) is 11.4 Å². The Kier molecular flexibility index (Phi) is 2.08. The van der Waals surface area contributed by atoms with Crippen LogP contribution in [0.5, 0.6) is 0 Å². The van der Waals surface area contributed by atoms with E-state index in [1.807, 2.05) is 26.1 Å². The Bertz CT molecular complexity index is 421. The van der Waals surface area contributed by atoms with E-state index in [0.29, 0.717) is 0 Å². The summed E-state index contributed by atoms with van der Waals surface area (Å²) in [5, 5.41) is 4.32. The first kappa shape index (κ1) is 8.94. The Balaban J connectivity index is 2.44. The van der Waals surface area contributed by atoms with Crippen molar-refractivity contribution in [2.24, 2.45) is 7.05 Å². The van der Waals surface area contributed by atoms with Gasteiger partial charge in [-0.3, -0.25) is 4.68 Å². The molecule has 14 heavy (non-hydrogen) atoms. The van der Waals surface area contributed by atoms with Gasteiger partial charge >= 0.3 is 0 Å². The molecule has 0 saturated heterocycles. The zero-order valence-electron chi connectivity index (χ0n) is 8.65. The molecule has 0 amide bonds. The molecule has 1 aromatic heterocycles. The lowest BCUT2D eigenvalue weighted by molar-refractivity contribution is 0.736. The summed E-state index contributed by atoms with van der Waals surface area (Å²) in [6.07, 6.45) is 0. The average Bonchev–Trinajstić information content (AvgIpc) is 2.48. The summed E-state index contributed by atoms with van der Waals surface area (Å²) < 4.78 is 1.79. The molecule has 3 heteroatoms. The highest BCUT2D eigenvalue weighted by Gasteiger charge is 2.04. The maximum atomic E-state index is 4.36. The Morgan fingerprint density at radius 2 is 1.71 bits per heavy atom. The number of rotatable bonds is 1. The van der Waals surface area contributed by atoms with Crippen molar-refractivity contribution in [3.8, 4) is 11.4 Å². The molecule has 2 aromatic rings. The lowest BCUT2D eigenvalue weighted by Gasteiger charge is -1.95. The average molecular weight is 187 g/mol. The molecule has 0 spiro atoms. The van der Waals surface area contributed by atoms with E-state index in [0.717, 1.165) is 17.2 Å². The van der Waals surface area contributed by atoms with Gasteiger partial charge in [0.2, 0.25) is 0 Å². The van der Waals surface area contributed by atoms with Gasteiger partial charge in [-0.05, 0) is 13.8 Å². The molecule has 1 heterocycles. The van der Waals surface area contributed by atoms with Crippen LogP contribution in [0, 0.1) is 13.8 Å². The molecular weight excluding hydrogens is 174 g/mol. The molecule has 0 aliphatic carbocycles. The molecule has 0 bridgehead atoms. The molecule has 1 aromatic carbocycles. The fourth-order valence-corrected chi connectivity index (χ4v) is 1.29. The molecule has 0 saturated carbocycles. The van der Waals surface area contributed by atoms with Crippen LogP contribution in [0.2, 0.25) is 0 Å². The predicted octanol–water partition coefficient (Wildman–Crippen LogP) is 2.10. The molecule has 3 nitrogen and oxygen atoms in total. The number of nitrogens with zero attached hydrogens (tertiary/aromatic N) is 3. The van der Waals surface area contributed by atoms with Crippen LogP contribution in [-0.4, -0.2) is 14.8 Å². The highest BCUT2D eigenvalue weighted by Crippen LogP contribution is 2.15. The van der Waals surface area contributed by atoms with Crippen molar-refractivity contribution in [2.45, 2.75) is 13.8 Å². The van der Waals surface area contributed by atoms with Crippen molar-refractivity contribution in [3.05, 3.63) is 35.7 Å². The molecule has 0 aliphatic rings. The maximum absolute atomic E-state index is 4.36. The minimum absolute atomic E-state index is 0.796. The number of aryl methyl sites for hydroxylation is 3. The van der Waals surface area contributed by atoms with Crippen molar-refractivity contribution in [3.63, 3.8) is 0 Å². The topological polar surface area (TPSA) is 30.7 Å². The molecule has 2 rings (SSSR count). The van der Waals surface area contributed by atoms with E-state index in [1.54, 1.807) is 4.68 Å². The molecule has 72 valence electrons. The zero-order valence-corrected chi connectivity index (χ0v) is 8.65. The van der Waals surface area contributed by atoms with Crippen molar-refractivity contribution in [2.75, 3.05) is 0 Å². The largest absolute Gasteiger partial charge is 0.253 e. The van der Waals surface area contributed by atoms with Crippen LogP contribution in [0.3, 0.4) is 0 Å². The number of aromatic nitrogens is 3. The zero-order chi connectivity index (χ0) is 10.1. The van der Waals surface area contributed by atoms with Crippen molar-refractivity contribution >= 4 is 0 Å². The normalized spacial score (nSPS) is 10.5. The number of benzene rings is 1. The SMILES string of the molecule is Cc1ccc(-c2nc(C)n(C)n2)cc1. The van der Waals surface area contributed by atoms with Crippen molar-refractivity contribution < 1.29 is 0 Å².